The lowest BCUT2D eigenvalue weighted by Gasteiger charge is -2.42. The molecule has 2 fully saturated rings. The third-order valence-electron chi connectivity index (χ3n) is 7.99. The van der Waals surface area contributed by atoms with Crippen LogP contribution >= 0.6 is 11.6 Å². The van der Waals surface area contributed by atoms with Crippen LogP contribution in [0.2, 0.25) is 5.02 Å². The van der Waals surface area contributed by atoms with E-state index in [1.165, 1.54) is 30.2 Å². The van der Waals surface area contributed by atoms with Crippen molar-refractivity contribution in [2.45, 2.75) is 56.7 Å². The monoisotopic (exact) mass is 510 g/mol. The van der Waals surface area contributed by atoms with E-state index in [1.807, 2.05) is 6.07 Å². The molecular weight excluding hydrogens is 483 g/mol. The van der Waals surface area contributed by atoms with Gasteiger partial charge in [-0.25, -0.2) is 9.18 Å². The van der Waals surface area contributed by atoms with Crippen LogP contribution in [0.15, 0.2) is 36.4 Å². The Balaban J connectivity index is 1.41. The van der Waals surface area contributed by atoms with E-state index in [9.17, 15) is 19.1 Å². The minimum atomic E-state index is -1.13. The van der Waals surface area contributed by atoms with Gasteiger partial charge in [0.1, 0.15) is 23.1 Å². The summed E-state index contributed by atoms with van der Waals surface area (Å²) in [5, 5.41) is 14.4. The Bertz CT molecular complexity index is 1390. The molecule has 2 atom stereocenters. The second-order valence-corrected chi connectivity index (χ2v) is 10.7. The van der Waals surface area contributed by atoms with E-state index in [4.69, 9.17) is 11.6 Å². The summed E-state index contributed by atoms with van der Waals surface area (Å²) in [5.41, 5.74) is 1.61. The van der Waals surface area contributed by atoms with Crippen molar-refractivity contribution in [3.8, 4) is 5.75 Å². The summed E-state index contributed by atoms with van der Waals surface area (Å²) < 4.78 is 14.3. The number of urea groups is 1. The van der Waals surface area contributed by atoms with Gasteiger partial charge < -0.3 is 15.4 Å². The molecule has 1 saturated carbocycles. The predicted molar refractivity (Wildman–Crippen MR) is 135 cm³/mol. The summed E-state index contributed by atoms with van der Waals surface area (Å²) in [4.78, 5) is 33.9. The molecule has 2 aromatic carbocycles. The summed E-state index contributed by atoms with van der Waals surface area (Å²) in [6, 6.07) is 9.14. The number of carbonyl (C=O) groups is 2. The Morgan fingerprint density at radius 2 is 2.06 bits per heavy atom. The number of rotatable bonds is 6. The molecule has 3 aromatic rings. The molecule has 2 unspecified atom stereocenters. The number of nitrogens with zero attached hydrogens (tertiary/aromatic N) is 2. The van der Waals surface area contributed by atoms with Gasteiger partial charge in [0.25, 0.3) is 5.91 Å². The first-order chi connectivity index (χ1) is 17.3. The van der Waals surface area contributed by atoms with E-state index in [2.05, 4.69) is 10.3 Å². The molecule has 9 heteroatoms. The largest absolute Gasteiger partial charge is 0.508 e. The van der Waals surface area contributed by atoms with Crippen LogP contribution in [0, 0.1) is 5.82 Å². The highest BCUT2D eigenvalue weighted by atomic mass is 35.5. The summed E-state index contributed by atoms with van der Waals surface area (Å²) >= 11 is 6.12. The average Bonchev–Trinajstić information content (AvgIpc) is 3.23. The maximum absolute atomic E-state index is 14.3. The molecule has 3 amide bonds. The highest BCUT2D eigenvalue weighted by Gasteiger charge is 2.60. The number of imide groups is 1. The Morgan fingerprint density at radius 1 is 1.25 bits per heavy atom. The van der Waals surface area contributed by atoms with E-state index >= 15 is 0 Å². The van der Waals surface area contributed by atoms with Crippen LogP contribution in [0.3, 0.4) is 0 Å². The van der Waals surface area contributed by atoms with Crippen LogP contribution in [-0.4, -0.2) is 56.5 Å². The number of phenolic OH excluding ortho intramolecular Hbond substituents is 1. The first-order valence-corrected chi connectivity index (χ1v) is 12.8. The topological polar surface area (TPSA) is 88.7 Å². The summed E-state index contributed by atoms with van der Waals surface area (Å²) in [5.74, 6) is -0.727. The Labute approximate surface area is 213 Å². The fourth-order valence-electron chi connectivity index (χ4n) is 5.90. The van der Waals surface area contributed by atoms with E-state index in [0.29, 0.717) is 35.8 Å². The second-order valence-electron chi connectivity index (χ2n) is 10.3. The summed E-state index contributed by atoms with van der Waals surface area (Å²) in [7, 11) is 0. The molecule has 36 heavy (non-hydrogen) atoms. The maximum Gasteiger partial charge on any atom is 0.328 e. The molecule has 1 saturated heterocycles. The molecule has 3 aliphatic rings. The lowest BCUT2D eigenvalue weighted by atomic mass is 9.81. The molecule has 3 heterocycles. The third-order valence-corrected chi connectivity index (χ3v) is 8.28. The zero-order valence-electron chi connectivity index (χ0n) is 20.0. The summed E-state index contributed by atoms with van der Waals surface area (Å²) in [6.45, 7) is 2.88. The van der Waals surface area contributed by atoms with Gasteiger partial charge in [-0.05, 0) is 68.1 Å². The number of aromatic nitrogens is 1. The van der Waals surface area contributed by atoms with Crippen molar-refractivity contribution in [2.24, 2.45) is 0 Å². The van der Waals surface area contributed by atoms with Gasteiger partial charge in [0.15, 0.2) is 0 Å². The first kappa shape index (κ1) is 23.3. The zero-order chi connectivity index (χ0) is 25.2. The van der Waals surface area contributed by atoms with Gasteiger partial charge in [0.2, 0.25) is 0 Å². The van der Waals surface area contributed by atoms with Gasteiger partial charge in [-0.1, -0.05) is 30.2 Å². The third kappa shape index (κ3) is 3.50. The Kier molecular flexibility index (Phi) is 5.50. The average molecular weight is 511 g/mol. The predicted octanol–water partition coefficient (Wildman–Crippen LogP) is 4.87. The van der Waals surface area contributed by atoms with E-state index in [0.717, 1.165) is 17.5 Å². The number of carbonyl (C=O) groups excluding carboxylic acids is 2. The van der Waals surface area contributed by atoms with Gasteiger partial charge in [-0.2, -0.15) is 0 Å². The minimum Gasteiger partial charge on any atom is -0.508 e. The number of H-pyrrole nitrogens is 1. The minimum absolute atomic E-state index is 0.000187. The van der Waals surface area contributed by atoms with Crippen molar-refractivity contribution in [1.82, 2.24) is 20.1 Å². The van der Waals surface area contributed by atoms with Crippen molar-refractivity contribution in [3.05, 3.63) is 64.1 Å². The molecule has 1 aromatic heterocycles. The van der Waals surface area contributed by atoms with Gasteiger partial charge in [0, 0.05) is 35.6 Å². The molecular formula is C27H28ClFN4O3. The number of benzene rings is 2. The van der Waals surface area contributed by atoms with Crippen LogP contribution in [0.4, 0.5) is 9.18 Å². The van der Waals surface area contributed by atoms with Crippen molar-refractivity contribution in [3.63, 3.8) is 0 Å². The lowest BCUT2D eigenvalue weighted by Crippen LogP contribution is -2.53. The molecule has 2 aliphatic heterocycles. The number of hydrogen-bond acceptors (Lipinski definition) is 4. The number of hydrogen-bond donors (Lipinski definition) is 3. The highest BCUT2D eigenvalue weighted by Crippen LogP contribution is 2.49. The smallest absolute Gasteiger partial charge is 0.328 e. The van der Waals surface area contributed by atoms with Crippen LogP contribution in [0.25, 0.3) is 10.9 Å². The maximum atomic E-state index is 14.3. The number of nitrogens with one attached hydrogen (secondary N) is 2. The summed E-state index contributed by atoms with van der Waals surface area (Å²) in [6.07, 6.45) is 4.56. The quantitative estimate of drug-likeness (QED) is 0.326. The highest BCUT2D eigenvalue weighted by molar-refractivity contribution is 6.31. The van der Waals surface area contributed by atoms with Gasteiger partial charge >= 0.3 is 6.03 Å². The van der Waals surface area contributed by atoms with Crippen molar-refractivity contribution in [1.29, 1.82) is 0 Å². The van der Waals surface area contributed by atoms with E-state index < -0.39 is 17.4 Å². The van der Waals surface area contributed by atoms with Crippen LogP contribution in [-0.2, 0) is 11.2 Å². The zero-order valence-corrected chi connectivity index (χ0v) is 20.7. The first-order valence-electron chi connectivity index (χ1n) is 12.4. The van der Waals surface area contributed by atoms with Gasteiger partial charge in [-0.15, -0.1) is 0 Å². The van der Waals surface area contributed by atoms with Crippen LogP contribution < -0.4 is 5.32 Å². The number of aromatic hydroxyl groups is 1. The lowest BCUT2D eigenvalue weighted by molar-refractivity contribution is -0.133. The number of halogens is 2. The van der Waals surface area contributed by atoms with E-state index in [1.54, 1.807) is 36.1 Å². The Hall–Kier alpha value is -3.10. The molecule has 7 nitrogen and oxygen atoms in total. The SMILES string of the molecule is CC12Cc3c([nH]c4cc(F)c(Cl)cc34)C(c3cccc(O)c3)N1C(=O)N(CCCNC1CCC1)C2=O. The number of phenols is 1. The molecule has 0 bridgehead atoms. The van der Waals surface area contributed by atoms with Gasteiger partial charge in [-0.3, -0.25) is 14.6 Å². The number of aromatic amines is 1. The van der Waals surface area contributed by atoms with E-state index in [-0.39, 0.29) is 29.1 Å². The normalized spacial score (nSPS) is 23.8. The molecule has 0 spiro atoms. The van der Waals surface area contributed by atoms with Gasteiger partial charge in [0.05, 0.1) is 5.02 Å². The van der Waals surface area contributed by atoms with Crippen molar-refractivity contribution < 1.29 is 19.1 Å². The Morgan fingerprint density at radius 3 is 2.78 bits per heavy atom. The second kappa shape index (κ2) is 8.49. The molecule has 0 radical (unpaired) electrons. The standard InChI is InChI=1S/C27H28ClFN4O3/c1-27-14-19-18-12-20(28)21(29)13-22(18)31-23(19)24(15-5-2-8-17(34)11-15)33(27)26(36)32(25(27)35)10-4-9-30-16-6-3-7-16/h2,5,8,11-13,16,24,30-31,34H,3-4,6-7,9-10,14H2,1H3. The number of fused-ring (bicyclic) bond motifs is 4. The molecule has 1 aliphatic carbocycles. The molecule has 6 rings (SSSR count). The van der Waals surface area contributed by atoms with Crippen LogP contribution in [0.1, 0.15) is 55.5 Å². The molecule has 3 N–H and O–H groups in total. The number of amides is 3. The fourth-order valence-corrected chi connectivity index (χ4v) is 6.07. The van der Waals surface area contributed by atoms with Crippen molar-refractivity contribution in [2.75, 3.05) is 13.1 Å². The van der Waals surface area contributed by atoms with Crippen molar-refractivity contribution >= 4 is 34.4 Å². The molecule has 188 valence electrons. The fraction of sp³-hybridized carbons (Fsp3) is 0.407. The van der Waals surface area contributed by atoms with Crippen LogP contribution in [0.5, 0.6) is 5.75 Å².